The van der Waals surface area contributed by atoms with E-state index in [-0.39, 0.29) is 30.8 Å². The molecule has 5 heteroatoms. The molecule has 2 aromatic carbocycles. The van der Waals surface area contributed by atoms with Gasteiger partial charge in [0.05, 0.1) is 6.61 Å². The molecular weight excluding hydrogens is 378 g/mol. The van der Waals surface area contributed by atoms with E-state index >= 15 is 0 Å². The molecule has 162 valence electrons. The second kappa shape index (κ2) is 11.4. The molecule has 0 spiro atoms. The molecule has 30 heavy (non-hydrogen) atoms. The molecule has 0 saturated heterocycles. The lowest BCUT2D eigenvalue weighted by molar-refractivity contribution is -0.147. The number of carbonyl (C=O) groups is 2. The summed E-state index contributed by atoms with van der Waals surface area (Å²) in [5.41, 5.74) is 4.11. The zero-order valence-corrected chi connectivity index (χ0v) is 18.7. The van der Waals surface area contributed by atoms with E-state index in [2.05, 4.69) is 33.0 Å². The van der Waals surface area contributed by atoms with Crippen molar-refractivity contribution in [1.82, 2.24) is 0 Å². The van der Waals surface area contributed by atoms with Crippen LogP contribution in [0.3, 0.4) is 0 Å². The molecule has 1 amide bonds. The van der Waals surface area contributed by atoms with Crippen molar-refractivity contribution in [1.29, 1.82) is 0 Å². The Morgan fingerprint density at radius 1 is 0.967 bits per heavy atom. The number of nitrogens with one attached hydrogen (secondary N) is 1. The smallest absolute Gasteiger partial charge is 0.306 e. The van der Waals surface area contributed by atoms with Crippen LogP contribution in [0.5, 0.6) is 5.75 Å². The molecule has 5 nitrogen and oxygen atoms in total. The number of anilines is 1. The third kappa shape index (κ3) is 7.21. The largest absolute Gasteiger partial charge is 0.494 e. The van der Waals surface area contributed by atoms with Crippen LogP contribution >= 0.6 is 0 Å². The maximum absolute atomic E-state index is 12.4. The summed E-state index contributed by atoms with van der Waals surface area (Å²) in [6, 6.07) is 13.8. The van der Waals surface area contributed by atoms with Crippen molar-refractivity contribution in [2.24, 2.45) is 0 Å². The molecule has 0 atom stereocenters. The van der Waals surface area contributed by atoms with Crippen LogP contribution < -0.4 is 10.1 Å². The Balaban J connectivity index is 1.80. The highest BCUT2D eigenvalue weighted by molar-refractivity contribution is 5.94. The van der Waals surface area contributed by atoms with Crippen molar-refractivity contribution in [2.75, 3.05) is 18.5 Å². The van der Waals surface area contributed by atoms with E-state index in [9.17, 15) is 9.59 Å². The number of rotatable bonds is 10. The molecule has 0 aromatic heterocycles. The molecule has 1 N–H and O–H groups in total. The highest BCUT2D eigenvalue weighted by Gasteiger charge is 2.16. The van der Waals surface area contributed by atoms with Crippen LogP contribution in [0.15, 0.2) is 42.5 Å². The predicted molar refractivity (Wildman–Crippen MR) is 120 cm³/mol. The number of aryl methyl sites for hydroxylation is 1. The summed E-state index contributed by atoms with van der Waals surface area (Å²) >= 11 is 0. The molecule has 0 fully saturated rings. The SMILES string of the molecule is Cc1cccc(OCCCC(=O)OCC(=O)Nc2c(C(C)C)cccc2C(C)C)c1. The van der Waals surface area contributed by atoms with Gasteiger partial charge in [-0.2, -0.15) is 0 Å². The third-order valence-corrected chi connectivity index (χ3v) is 4.79. The molecule has 0 bridgehead atoms. The first-order chi connectivity index (χ1) is 14.3. The van der Waals surface area contributed by atoms with Gasteiger partial charge in [0.25, 0.3) is 5.91 Å². The highest BCUT2D eigenvalue weighted by atomic mass is 16.5. The molecule has 0 aliphatic heterocycles. The Labute approximate surface area is 179 Å². The molecular formula is C25H33NO4. The summed E-state index contributed by atoms with van der Waals surface area (Å²) in [7, 11) is 0. The molecule has 0 radical (unpaired) electrons. The maximum atomic E-state index is 12.4. The Hall–Kier alpha value is -2.82. The van der Waals surface area contributed by atoms with Crippen molar-refractivity contribution in [3.63, 3.8) is 0 Å². The monoisotopic (exact) mass is 411 g/mol. The van der Waals surface area contributed by atoms with E-state index < -0.39 is 5.97 Å². The van der Waals surface area contributed by atoms with Gasteiger partial charge in [-0.1, -0.05) is 58.0 Å². The van der Waals surface area contributed by atoms with Crippen molar-refractivity contribution in [3.05, 3.63) is 59.2 Å². The third-order valence-electron chi connectivity index (χ3n) is 4.79. The van der Waals surface area contributed by atoms with Gasteiger partial charge in [0.1, 0.15) is 5.75 Å². The lowest BCUT2D eigenvalue weighted by Crippen LogP contribution is -2.22. The molecule has 2 rings (SSSR count). The first kappa shape index (κ1) is 23.5. The summed E-state index contributed by atoms with van der Waals surface area (Å²) in [6.45, 7) is 10.5. The summed E-state index contributed by atoms with van der Waals surface area (Å²) in [5, 5.41) is 2.95. The number of amides is 1. The average Bonchev–Trinajstić information content (AvgIpc) is 2.69. The fourth-order valence-electron chi connectivity index (χ4n) is 3.20. The minimum Gasteiger partial charge on any atom is -0.494 e. The number of esters is 1. The molecule has 0 aliphatic carbocycles. The fraction of sp³-hybridized carbons (Fsp3) is 0.440. The number of para-hydroxylation sites is 1. The first-order valence-corrected chi connectivity index (χ1v) is 10.6. The van der Waals surface area contributed by atoms with Crippen LogP contribution in [0.4, 0.5) is 5.69 Å². The zero-order chi connectivity index (χ0) is 22.1. The highest BCUT2D eigenvalue weighted by Crippen LogP contribution is 2.32. The van der Waals surface area contributed by atoms with Crippen LogP contribution in [0.2, 0.25) is 0 Å². The summed E-state index contributed by atoms with van der Waals surface area (Å²) < 4.78 is 10.8. The number of hydrogen-bond donors (Lipinski definition) is 1. The van der Waals surface area contributed by atoms with Crippen LogP contribution in [0.1, 0.15) is 69.1 Å². The Morgan fingerprint density at radius 2 is 1.60 bits per heavy atom. The normalized spacial score (nSPS) is 10.9. The first-order valence-electron chi connectivity index (χ1n) is 10.6. The summed E-state index contributed by atoms with van der Waals surface area (Å²) in [6.07, 6.45) is 0.737. The van der Waals surface area contributed by atoms with E-state index in [0.717, 1.165) is 28.1 Å². The second-order valence-electron chi connectivity index (χ2n) is 8.10. The average molecular weight is 412 g/mol. The van der Waals surface area contributed by atoms with Crippen molar-refractivity contribution in [3.8, 4) is 5.75 Å². The van der Waals surface area contributed by atoms with Gasteiger partial charge in [0.2, 0.25) is 0 Å². The van der Waals surface area contributed by atoms with Gasteiger partial charge >= 0.3 is 5.97 Å². The Kier molecular flexibility index (Phi) is 8.90. The summed E-state index contributed by atoms with van der Waals surface area (Å²) in [5.74, 6) is 0.603. The fourth-order valence-corrected chi connectivity index (χ4v) is 3.20. The van der Waals surface area contributed by atoms with E-state index in [1.54, 1.807) is 0 Å². The molecule has 0 aliphatic rings. The van der Waals surface area contributed by atoms with Gasteiger partial charge in [-0.15, -0.1) is 0 Å². The maximum Gasteiger partial charge on any atom is 0.306 e. The number of hydrogen-bond acceptors (Lipinski definition) is 4. The van der Waals surface area contributed by atoms with Gasteiger partial charge in [-0.3, -0.25) is 9.59 Å². The van der Waals surface area contributed by atoms with E-state index in [0.29, 0.717) is 13.0 Å². The lowest BCUT2D eigenvalue weighted by Gasteiger charge is -2.20. The number of benzene rings is 2. The molecule has 2 aromatic rings. The van der Waals surface area contributed by atoms with Crippen LogP contribution in [-0.4, -0.2) is 25.1 Å². The van der Waals surface area contributed by atoms with Crippen LogP contribution in [0, 0.1) is 6.92 Å². The van der Waals surface area contributed by atoms with Gasteiger partial charge in [-0.05, 0) is 54.0 Å². The van der Waals surface area contributed by atoms with Gasteiger partial charge < -0.3 is 14.8 Å². The Morgan fingerprint density at radius 3 is 2.20 bits per heavy atom. The molecule has 0 saturated carbocycles. The number of ether oxygens (including phenoxy) is 2. The molecule has 0 unspecified atom stereocenters. The quantitative estimate of drug-likeness (QED) is 0.409. The van der Waals surface area contributed by atoms with E-state index in [1.807, 2.05) is 49.4 Å². The minimum absolute atomic E-state index is 0.207. The van der Waals surface area contributed by atoms with Crippen LogP contribution in [0.25, 0.3) is 0 Å². The zero-order valence-electron chi connectivity index (χ0n) is 18.7. The van der Waals surface area contributed by atoms with Gasteiger partial charge in [-0.25, -0.2) is 0 Å². The van der Waals surface area contributed by atoms with E-state index in [1.165, 1.54) is 0 Å². The topological polar surface area (TPSA) is 64.6 Å². The Bertz CT molecular complexity index is 832. The predicted octanol–water partition coefficient (Wildman–Crippen LogP) is 5.58. The molecule has 0 heterocycles. The summed E-state index contributed by atoms with van der Waals surface area (Å²) in [4.78, 5) is 24.4. The minimum atomic E-state index is -0.403. The van der Waals surface area contributed by atoms with Crippen molar-refractivity contribution < 1.29 is 19.1 Å². The van der Waals surface area contributed by atoms with Gasteiger partial charge in [0, 0.05) is 12.1 Å². The number of carbonyl (C=O) groups excluding carboxylic acids is 2. The van der Waals surface area contributed by atoms with Crippen molar-refractivity contribution >= 4 is 17.6 Å². The second-order valence-corrected chi connectivity index (χ2v) is 8.10. The van der Waals surface area contributed by atoms with Crippen molar-refractivity contribution in [2.45, 2.75) is 59.3 Å². The van der Waals surface area contributed by atoms with Gasteiger partial charge in [0.15, 0.2) is 6.61 Å². The van der Waals surface area contributed by atoms with E-state index in [4.69, 9.17) is 9.47 Å². The van der Waals surface area contributed by atoms with Crippen LogP contribution in [-0.2, 0) is 14.3 Å². The lowest BCUT2D eigenvalue weighted by atomic mass is 9.92. The standard InChI is InChI=1S/C25H33NO4/c1-17(2)21-11-7-12-22(18(3)4)25(21)26-23(27)16-30-24(28)13-8-14-29-20-10-6-9-19(5)15-20/h6-7,9-12,15,17-18H,8,13-14,16H2,1-5H3,(H,26,27).